The van der Waals surface area contributed by atoms with E-state index in [-0.39, 0.29) is 36.8 Å². The molecule has 2 fully saturated rings. The Morgan fingerprint density at radius 1 is 1.29 bits per heavy atom. The van der Waals surface area contributed by atoms with Crippen molar-refractivity contribution in [3.8, 4) is 0 Å². The van der Waals surface area contributed by atoms with Crippen molar-refractivity contribution < 1.29 is 9.90 Å². The van der Waals surface area contributed by atoms with E-state index >= 15 is 0 Å². The van der Waals surface area contributed by atoms with Crippen LogP contribution in [0.25, 0.3) is 0 Å². The average molecular weight is 353 g/mol. The first kappa shape index (κ1) is 19.2. The van der Waals surface area contributed by atoms with E-state index in [9.17, 15) is 9.90 Å². The first-order chi connectivity index (χ1) is 11.1. The third-order valence-corrected chi connectivity index (χ3v) is 5.80. The average Bonchev–Trinajstić information content (AvgIpc) is 2.52. The van der Waals surface area contributed by atoms with Crippen LogP contribution >= 0.6 is 12.4 Å². The van der Waals surface area contributed by atoms with Gasteiger partial charge in [-0.3, -0.25) is 4.79 Å². The van der Waals surface area contributed by atoms with E-state index < -0.39 is 6.10 Å². The summed E-state index contributed by atoms with van der Waals surface area (Å²) in [5.74, 6) is 1.15. The van der Waals surface area contributed by atoms with Crippen LogP contribution in [0.15, 0.2) is 24.3 Å². The molecule has 0 heterocycles. The predicted molar refractivity (Wildman–Crippen MR) is 97.9 cm³/mol. The smallest absolute Gasteiger partial charge is 0.223 e. The van der Waals surface area contributed by atoms with Crippen molar-refractivity contribution >= 4 is 18.3 Å². The van der Waals surface area contributed by atoms with Crippen LogP contribution in [0, 0.1) is 24.7 Å². The monoisotopic (exact) mass is 352 g/mol. The maximum Gasteiger partial charge on any atom is 0.223 e. The van der Waals surface area contributed by atoms with Gasteiger partial charge in [0.15, 0.2) is 0 Å². The number of carbonyl (C=O) groups is 1. The molecule has 0 saturated heterocycles. The van der Waals surface area contributed by atoms with Gasteiger partial charge < -0.3 is 16.2 Å². The summed E-state index contributed by atoms with van der Waals surface area (Å²) in [7, 11) is 0. The van der Waals surface area contributed by atoms with Gasteiger partial charge in [-0.15, -0.1) is 12.4 Å². The fourth-order valence-electron chi connectivity index (χ4n) is 4.42. The van der Waals surface area contributed by atoms with Crippen LogP contribution in [0.5, 0.6) is 0 Å². The van der Waals surface area contributed by atoms with Crippen LogP contribution in [-0.2, 0) is 4.79 Å². The molecule has 5 heteroatoms. The van der Waals surface area contributed by atoms with Gasteiger partial charge in [0.25, 0.3) is 0 Å². The Labute approximate surface area is 150 Å². The van der Waals surface area contributed by atoms with Crippen LogP contribution in [0.3, 0.4) is 0 Å². The molecule has 2 aliphatic rings. The lowest BCUT2D eigenvalue weighted by molar-refractivity contribution is -0.128. The molecule has 3 rings (SSSR count). The number of rotatable bonds is 4. The van der Waals surface area contributed by atoms with Gasteiger partial charge in [0.1, 0.15) is 0 Å². The number of aryl methyl sites for hydroxylation is 1. The van der Waals surface area contributed by atoms with Gasteiger partial charge in [0, 0.05) is 18.5 Å². The summed E-state index contributed by atoms with van der Waals surface area (Å²) in [6.45, 7) is 2.26. The molecule has 3 atom stereocenters. The number of nitrogens with two attached hydrogens (primary N) is 1. The zero-order valence-electron chi connectivity index (χ0n) is 14.3. The highest BCUT2D eigenvalue weighted by Crippen LogP contribution is 2.41. The zero-order valence-corrected chi connectivity index (χ0v) is 15.1. The Kier molecular flexibility index (Phi) is 6.67. The number of halogens is 1. The first-order valence-corrected chi connectivity index (χ1v) is 8.83. The number of benzene rings is 1. The van der Waals surface area contributed by atoms with E-state index in [2.05, 4.69) is 5.32 Å². The molecule has 0 aromatic heterocycles. The second kappa shape index (κ2) is 8.32. The van der Waals surface area contributed by atoms with Crippen molar-refractivity contribution in [3.63, 3.8) is 0 Å². The summed E-state index contributed by atoms with van der Waals surface area (Å²) in [6, 6.07) is 8.04. The maximum absolute atomic E-state index is 12.5. The summed E-state index contributed by atoms with van der Waals surface area (Å²) in [5, 5.41) is 13.3. The SMILES string of the molecule is Cc1ccccc1C(O)CNC(=O)C1CC2CCCC(C1)C2N.Cl. The molecule has 2 bridgehead atoms. The normalized spacial score (nSPS) is 30.1. The molecule has 0 spiro atoms. The fourth-order valence-corrected chi connectivity index (χ4v) is 4.42. The largest absolute Gasteiger partial charge is 0.387 e. The second-order valence-corrected chi connectivity index (χ2v) is 7.31. The maximum atomic E-state index is 12.5. The van der Waals surface area contributed by atoms with E-state index in [1.54, 1.807) is 0 Å². The van der Waals surface area contributed by atoms with Gasteiger partial charge in [0.2, 0.25) is 5.91 Å². The molecule has 0 aliphatic heterocycles. The minimum atomic E-state index is -0.648. The Bertz CT molecular complexity index is 552. The third kappa shape index (κ3) is 4.11. The summed E-state index contributed by atoms with van der Waals surface area (Å²) in [4.78, 5) is 12.5. The molecule has 1 amide bonds. The summed E-state index contributed by atoms with van der Waals surface area (Å²) >= 11 is 0. The van der Waals surface area contributed by atoms with Crippen molar-refractivity contribution in [2.75, 3.05) is 6.54 Å². The molecule has 2 saturated carbocycles. The highest BCUT2D eigenvalue weighted by atomic mass is 35.5. The number of carbonyl (C=O) groups excluding carboxylic acids is 1. The summed E-state index contributed by atoms with van der Waals surface area (Å²) in [6.07, 6.45) is 4.74. The molecule has 3 unspecified atom stereocenters. The zero-order chi connectivity index (χ0) is 16.4. The predicted octanol–water partition coefficient (Wildman–Crippen LogP) is 2.72. The van der Waals surface area contributed by atoms with E-state index in [1.165, 1.54) is 6.42 Å². The van der Waals surface area contributed by atoms with E-state index in [0.717, 1.165) is 36.8 Å². The lowest BCUT2D eigenvalue weighted by atomic mass is 9.65. The second-order valence-electron chi connectivity index (χ2n) is 7.31. The lowest BCUT2D eigenvalue weighted by Crippen LogP contribution is -2.49. The minimum Gasteiger partial charge on any atom is -0.387 e. The van der Waals surface area contributed by atoms with Crippen LogP contribution in [0.4, 0.5) is 0 Å². The minimum absolute atomic E-state index is 0. The molecular formula is C19H29ClN2O2. The molecule has 0 radical (unpaired) electrons. The number of aliphatic hydroxyl groups excluding tert-OH is 1. The molecule has 4 nitrogen and oxygen atoms in total. The molecule has 24 heavy (non-hydrogen) atoms. The molecule has 1 aromatic rings. The van der Waals surface area contributed by atoms with Crippen molar-refractivity contribution in [1.29, 1.82) is 0 Å². The molecule has 2 aliphatic carbocycles. The number of nitrogens with one attached hydrogen (secondary N) is 1. The van der Waals surface area contributed by atoms with Crippen LogP contribution in [-0.4, -0.2) is 23.6 Å². The summed E-state index contributed by atoms with van der Waals surface area (Å²) < 4.78 is 0. The fraction of sp³-hybridized carbons (Fsp3) is 0.632. The number of fused-ring (bicyclic) bond motifs is 2. The van der Waals surface area contributed by atoms with E-state index in [4.69, 9.17) is 5.73 Å². The number of hydrogen-bond acceptors (Lipinski definition) is 3. The molecular weight excluding hydrogens is 324 g/mol. The van der Waals surface area contributed by atoms with Crippen molar-refractivity contribution in [3.05, 3.63) is 35.4 Å². The van der Waals surface area contributed by atoms with Gasteiger partial charge in [-0.1, -0.05) is 30.7 Å². The lowest BCUT2D eigenvalue weighted by Gasteiger charge is -2.43. The standard InChI is InChI=1S/C19H28N2O2.ClH/c1-12-5-2-3-8-16(12)17(22)11-21-19(23)15-9-13-6-4-7-14(10-15)18(13)20;/h2-3,5,8,13-15,17-18,22H,4,6-7,9-11,20H2,1H3,(H,21,23);1H. The topological polar surface area (TPSA) is 75.3 Å². The van der Waals surface area contributed by atoms with Gasteiger partial charge >= 0.3 is 0 Å². The number of hydrogen-bond donors (Lipinski definition) is 3. The molecule has 1 aromatic carbocycles. The van der Waals surface area contributed by atoms with E-state index in [0.29, 0.717) is 11.8 Å². The van der Waals surface area contributed by atoms with Crippen molar-refractivity contribution in [2.45, 2.75) is 51.2 Å². The van der Waals surface area contributed by atoms with Crippen LogP contribution in [0.1, 0.15) is 49.3 Å². The number of aliphatic hydroxyl groups is 1. The highest BCUT2D eigenvalue weighted by Gasteiger charge is 2.40. The molecule has 134 valence electrons. The van der Waals surface area contributed by atoms with Crippen LogP contribution < -0.4 is 11.1 Å². The van der Waals surface area contributed by atoms with Crippen LogP contribution in [0.2, 0.25) is 0 Å². The Morgan fingerprint density at radius 2 is 1.92 bits per heavy atom. The van der Waals surface area contributed by atoms with Gasteiger partial charge in [-0.05, 0) is 55.6 Å². The highest BCUT2D eigenvalue weighted by molar-refractivity contribution is 5.85. The Hall–Kier alpha value is -1.10. The molecule has 4 N–H and O–H groups in total. The van der Waals surface area contributed by atoms with E-state index in [1.807, 2.05) is 31.2 Å². The van der Waals surface area contributed by atoms with Gasteiger partial charge in [-0.2, -0.15) is 0 Å². The number of amides is 1. The van der Waals surface area contributed by atoms with Crippen molar-refractivity contribution in [1.82, 2.24) is 5.32 Å². The van der Waals surface area contributed by atoms with Crippen molar-refractivity contribution in [2.24, 2.45) is 23.5 Å². The summed E-state index contributed by atoms with van der Waals surface area (Å²) in [5.41, 5.74) is 8.22. The first-order valence-electron chi connectivity index (χ1n) is 8.83. The quantitative estimate of drug-likeness (QED) is 0.779. The van der Waals surface area contributed by atoms with Gasteiger partial charge in [0.05, 0.1) is 6.10 Å². The Balaban J connectivity index is 0.00000208. The van der Waals surface area contributed by atoms with Gasteiger partial charge in [-0.25, -0.2) is 0 Å². The Morgan fingerprint density at radius 3 is 2.54 bits per heavy atom. The third-order valence-electron chi connectivity index (χ3n) is 5.80.